The molecule has 0 aliphatic heterocycles. The maximum absolute atomic E-state index is 5.96. The summed E-state index contributed by atoms with van der Waals surface area (Å²) in [6, 6.07) is 10.5. The summed E-state index contributed by atoms with van der Waals surface area (Å²) in [5, 5.41) is 0. The zero-order valence-electron chi connectivity index (χ0n) is 10.5. The molecule has 1 fully saturated rings. The molecule has 2 N–H and O–H groups in total. The number of hydrogen-bond donors (Lipinski definition) is 1. The predicted octanol–water partition coefficient (Wildman–Crippen LogP) is 2.76. The Labute approximate surface area is 104 Å². The van der Waals surface area contributed by atoms with Crippen LogP contribution in [0, 0.1) is 5.92 Å². The zero-order valence-corrected chi connectivity index (χ0v) is 10.5. The van der Waals surface area contributed by atoms with Crippen LogP contribution in [0.2, 0.25) is 0 Å². The maximum Gasteiger partial charge on any atom is 0.0578 e. The second kappa shape index (κ2) is 6.77. The lowest BCUT2D eigenvalue weighted by Gasteiger charge is -2.28. The van der Waals surface area contributed by atoms with Crippen molar-refractivity contribution >= 4 is 0 Å². The zero-order chi connectivity index (χ0) is 11.9. The third kappa shape index (κ3) is 4.14. The minimum atomic E-state index is 0.445. The molecule has 0 amide bonds. The van der Waals surface area contributed by atoms with Gasteiger partial charge in [0.15, 0.2) is 0 Å². The number of ether oxygens (including phenoxy) is 1. The van der Waals surface area contributed by atoms with Crippen LogP contribution in [0.15, 0.2) is 30.3 Å². The maximum atomic E-state index is 5.96. The van der Waals surface area contributed by atoms with Crippen LogP contribution in [0.5, 0.6) is 0 Å². The van der Waals surface area contributed by atoms with Gasteiger partial charge in [-0.2, -0.15) is 0 Å². The van der Waals surface area contributed by atoms with E-state index in [9.17, 15) is 0 Å². The lowest BCUT2D eigenvalue weighted by molar-refractivity contribution is 0.0160. The predicted molar refractivity (Wildman–Crippen MR) is 70.9 cm³/mol. The quantitative estimate of drug-likeness (QED) is 0.848. The van der Waals surface area contributed by atoms with Gasteiger partial charge in [-0.15, -0.1) is 0 Å². The van der Waals surface area contributed by atoms with Gasteiger partial charge in [-0.1, -0.05) is 36.8 Å². The van der Waals surface area contributed by atoms with E-state index in [4.69, 9.17) is 10.5 Å². The second-order valence-corrected chi connectivity index (χ2v) is 5.00. The van der Waals surface area contributed by atoms with Gasteiger partial charge in [-0.25, -0.2) is 0 Å². The molecule has 1 aromatic carbocycles. The first-order valence-electron chi connectivity index (χ1n) is 6.74. The average molecular weight is 233 g/mol. The van der Waals surface area contributed by atoms with E-state index in [1.165, 1.54) is 24.8 Å². The Hall–Kier alpha value is -0.860. The smallest absolute Gasteiger partial charge is 0.0578 e. The molecule has 2 nitrogen and oxygen atoms in total. The molecular formula is C15H23NO. The van der Waals surface area contributed by atoms with Crippen LogP contribution in [0.3, 0.4) is 0 Å². The summed E-state index contributed by atoms with van der Waals surface area (Å²) >= 11 is 0. The molecule has 2 heteroatoms. The van der Waals surface area contributed by atoms with Crippen molar-refractivity contribution in [3.05, 3.63) is 35.9 Å². The molecule has 0 aromatic heterocycles. The molecule has 0 heterocycles. The van der Waals surface area contributed by atoms with E-state index >= 15 is 0 Å². The van der Waals surface area contributed by atoms with E-state index in [1.54, 1.807) is 0 Å². The molecule has 1 aromatic rings. The third-order valence-electron chi connectivity index (χ3n) is 3.66. The van der Waals surface area contributed by atoms with Crippen molar-refractivity contribution in [1.82, 2.24) is 0 Å². The standard InChI is InChI=1S/C15H23NO/c16-12-14-7-4-8-15(11-14)17-10-9-13-5-2-1-3-6-13/h1-3,5-6,14-15H,4,7-12,16H2. The fourth-order valence-electron chi connectivity index (χ4n) is 2.60. The molecule has 0 bridgehead atoms. The first-order chi connectivity index (χ1) is 8.38. The van der Waals surface area contributed by atoms with Crippen molar-refractivity contribution in [3.8, 4) is 0 Å². The SMILES string of the molecule is NCC1CCCC(OCCc2ccccc2)C1. The van der Waals surface area contributed by atoms with Crippen LogP contribution in [-0.2, 0) is 11.2 Å². The lowest BCUT2D eigenvalue weighted by atomic mass is 9.87. The van der Waals surface area contributed by atoms with Crippen LogP contribution in [-0.4, -0.2) is 19.3 Å². The Kier molecular flexibility index (Phi) is 5.02. The molecule has 2 atom stereocenters. The van der Waals surface area contributed by atoms with E-state index in [0.717, 1.165) is 26.0 Å². The highest BCUT2D eigenvalue weighted by Gasteiger charge is 2.21. The Bertz CT molecular complexity index is 312. The minimum absolute atomic E-state index is 0.445. The first-order valence-corrected chi connectivity index (χ1v) is 6.74. The summed E-state index contributed by atoms with van der Waals surface area (Å²) in [6.07, 6.45) is 6.40. The van der Waals surface area contributed by atoms with Crippen molar-refractivity contribution in [2.45, 2.75) is 38.2 Å². The van der Waals surface area contributed by atoms with Gasteiger partial charge in [0.25, 0.3) is 0 Å². The number of hydrogen-bond acceptors (Lipinski definition) is 2. The normalized spacial score (nSPS) is 24.8. The molecule has 1 aliphatic rings. The van der Waals surface area contributed by atoms with Gasteiger partial charge in [0.2, 0.25) is 0 Å². The lowest BCUT2D eigenvalue weighted by Crippen LogP contribution is -2.28. The van der Waals surface area contributed by atoms with Crippen LogP contribution < -0.4 is 5.73 Å². The van der Waals surface area contributed by atoms with Gasteiger partial charge >= 0.3 is 0 Å². The van der Waals surface area contributed by atoms with Crippen molar-refractivity contribution in [2.75, 3.05) is 13.2 Å². The molecule has 94 valence electrons. The number of benzene rings is 1. The monoisotopic (exact) mass is 233 g/mol. The van der Waals surface area contributed by atoms with Gasteiger partial charge in [0.05, 0.1) is 12.7 Å². The molecule has 0 radical (unpaired) electrons. The molecule has 0 saturated heterocycles. The molecule has 17 heavy (non-hydrogen) atoms. The highest BCUT2D eigenvalue weighted by atomic mass is 16.5. The van der Waals surface area contributed by atoms with Gasteiger partial charge in [0.1, 0.15) is 0 Å². The second-order valence-electron chi connectivity index (χ2n) is 5.00. The molecule has 2 rings (SSSR count). The van der Waals surface area contributed by atoms with Crippen LogP contribution >= 0.6 is 0 Å². The van der Waals surface area contributed by atoms with Crippen LogP contribution in [0.25, 0.3) is 0 Å². The van der Waals surface area contributed by atoms with Gasteiger partial charge < -0.3 is 10.5 Å². The van der Waals surface area contributed by atoms with Gasteiger partial charge in [0, 0.05) is 0 Å². The highest BCUT2D eigenvalue weighted by Crippen LogP contribution is 2.25. The molecule has 2 unspecified atom stereocenters. The van der Waals surface area contributed by atoms with Crippen molar-refractivity contribution in [2.24, 2.45) is 11.7 Å². The van der Waals surface area contributed by atoms with E-state index in [0.29, 0.717) is 12.0 Å². The summed E-state index contributed by atoms with van der Waals surface area (Å²) < 4.78 is 5.96. The van der Waals surface area contributed by atoms with E-state index in [1.807, 2.05) is 0 Å². The van der Waals surface area contributed by atoms with E-state index in [2.05, 4.69) is 30.3 Å². The summed E-state index contributed by atoms with van der Waals surface area (Å²) in [5.74, 6) is 0.686. The van der Waals surface area contributed by atoms with Crippen molar-refractivity contribution in [3.63, 3.8) is 0 Å². The number of nitrogens with two attached hydrogens (primary N) is 1. The van der Waals surface area contributed by atoms with Crippen molar-refractivity contribution < 1.29 is 4.74 Å². The molecule has 1 aliphatic carbocycles. The summed E-state index contributed by atoms with van der Waals surface area (Å²) in [5.41, 5.74) is 7.09. The fourth-order valence-corrected chi connectivity index (χ4v) is 2.60. The first kappa shape index (κ1) is 12.6. The van der Waals surface area contributed by atoms with Crippen LogP contribution in [0.4, 0.5) is 0 Å². The number of rotatable bonds is 5. The third-order valence-corrected chi connectivity index (χ3v) is 3.66. The summed E-state index contributed by atoms with van der Waals surface area (Å²) in [4.78, 5) is 0. The van der Waals surface area contributed by atoms with E-state index in [-0.39, 0.29) is 0 Å². The molecular weight excluding hydrogens is 210 g/mol. The molecule has 1 saturated carbocycles. The Balaban J connectivity index is 1.68. The summed E-state index contributed by atoms with van der Waals surface area (Å²) in [6.45, 7) is 1.66. The largest absolute Gasteiger partial charge is 0.378 e. The highest BCUT2D eigenvalue weighted by molar-refractivity contribution is 5.14. The van der Waals surface area contributed by atoms with Crippen LogP contribution in [0.1, 0.15) is 31.2 Å². The minimum Gasteiger partial charge on any atom is -0.378 e. The van der Waals surface area contributed by atoms with Gasteiger partial charge in [-0.05, 0) is 43.7 Å². The topological polar surface area (TPSA) is 35.2 Å². The molecule has 0 spiro atoms. The Morgan fingerprint density at radius 1 is 1.18 bits per heavy atom. The van der Waals surface area contributed by atoms with Gasteiger partial charge in [-0.3, -0.25) is 0 Å². The Morgan fingerprint density at radius 3 is 2.76 bits per heavy atom. The van der Waals surface area contributed by atoms with E-state index < -0.39 is 0 Å². The fraction of sp³-hybridized carbons (Fsp3) is 0.600. The average Bonchev–Trinajstić information content (AvgIpc) is 2.40. The van der Waals surface area contributed by atoms with Crippen molar-refractivity contribution in [1.29, 1.82) is 0 Å². The Morgan fingerprint density at radius 2 is 2.00 bits per heavy atom. The summed E-state index contributed by atoms with van der Waals surface area (Å²) in [7, 11) is 0.